The normalized spacial score (nSPS) is 10.2. The third kappa shape index (κ3) is 1.25. The Bertz CT molecular complexity index is 465. The Hall–Kier alpha value is -1.83. The van der Waals surface area contributed by atoms with Gasteiger partial charge in [0.25, 0.3) is 0 Å². The van der Waals surface area contributed by atoms with Gasteiger partial charge in [-0.05, 0) is 0 Å². The van der Waals surface area contributed by atoms with Crippen molar-refractivity contribution >= 4 is 0 Å². The van der Waals surface area contributed by atoms with Gasteiger partial charge in [-0.3, -0.25) is 0 Å². The van der Waals surface area contributed by atoms with E-state index in [4.69, 9.17) is 5.11 Å². The molecule has 0 saturated heterocycles. The molecular weight excluding hydrogens is 194 g/mol. The fourth-order valence-electron chi connectivity index (χ4n) is 0.950. The molecule has 1 N–H and O–H groups in total. The first-order valence-electron chi connectivity index (χ1n) is 3.62. The van der Waals surface area contributed by atoms with Crippen LogP contribution in [0.4, 0.5) is 0 Å². The van der Waals surface area contributed by atoms with Crippen LogP contribution in [0.1, 0.15) is 0 Å². The van der Waals surface area contributed by atoms with Crippen molar-refractivity contribution in [2.75, 3.05) is 7.11 Å². The summed E-state index contributed by atoms with van der Waals surface area (Å²) in [7, 11) is 2.28. The molecule has 0 saturated carbocycles. The number of hydrogen-bond acceptors (Lipinski definition) is 5. The highest BCUT2D eigenvalue weighted by Gasteiger charge is 2.11. The molecule has 0 unspecified atom stereocenters. The first-order valence-corrected chi connectivity index (χ1v) is 3.62. The Morgan fingerprint density at radius 3 is 2.21 bits per heavy atom. The Kier molecular flexibility index (Phi) is 2.56. The summed E-state index contributed by atoms with van der Waals surface area (Å²) in [5.74, 6) is 0. The zero-order chi connectivity index (χ0) is 10.9. The average molecular weight is 203 g/mol. The number of aliphatic hydroxyl groups excluding tert-OH is 1. The van der Waals surface area contributed by atoms with E-state index in [1.54, 1.807) is 0 Å². The van der Waals surface area contributed by atoms with E-state index in [9.17, 15) is 14.4 Å². The summed E-state index contributed by atoms with van der Waals surface area (Å²) in [5.41, 5.74) is -2.80. The third-order valence-corrected chi connectivity index (χ3v) is 1.71. The van der Waals surface area contributed by atoms with Gasteiger partial charge in [-0.25, -0.2) is 23.5 Å². The largest absolute Gasteiger partial charge is 0.408 e. The molecule has 0 amide bonds. The summed E-state index contributed by atoms with van der Waals surface area (Å²) < 4.78 is 1.49. The van der Waals surface area contributed by atoms with E-state index >= 15 is 0 Å². The average Bonchev–Trinajstić information content (AvgIpc) is 2.16. The van der Waals surface area contributed by atoms with Crippen molar-refractivity contribution in [3.8, 4) is 0 Å². The molecule has 0 atom stereocenters. The highest BCUT2D eigenvalue weighted by atomic mass is 16.7. The van der Waals surface area contributed by atoms with Gasteiger partial charge in [-0.15, -0.1) is 0 Å². The minimum absolute atomic E-state index is 0.373. The summed E-state index contributed by atoms with van der Waals surface area (Å²) in [6, 6.07) is 0. The molecule has 1 heterocycles. The smallest absolute Gasteiger partial charge is 0.371 e. The quantitative estimate of drug-likeness (QED) is 0.543. The number of rotatable bonds is 2. The summed E-state index contributed by atoms with van der Waals surface area (Å²) >= 11 is 0. The highest BCUT2D eigenvalue weighted by Crippen LogP contribution is 1.65. The monoisotopic (exact) mass is 203 g/mol. The van der Waals surface area contributed by atoms with Crippen LogP contribution in [0.2, 0.25) is 0 Å². The van der Waals surface area contributed by atoms with E-state index in [2.05, 4.69) is 4.84 Å². The molecule has 0 radical (unpaired) electrons. The second-order valence-corrected chi connectivity index (χ2v) is 2.45. The van der Waals surface area contributed by atoms with Crippen molar-refractivity contribution in [1.29, 1.82) is 0 Å². The Labute approximate surface area is 77.2 Å². The van der Waals surface area contributed by atoms with Gasteiger partial charge in [-0.1, -0.05) is 4.73 Å². The van der Waals surface area contributed by atoms with Gasteiger partial charge in [0.2, 0.25) is 0 Å². The Morgan fingerprint density at radius 1 is 1.21 bits per heavy atom. The number of hydrogen-bond donors (Lipinski definition) is 1. The predicted octanol–water partition coefficient (Wildman–Crippen LogP) is -3.28. The maximum atomic E-state index is 11.3. The molecule has 0 aliphatic carbocycles. The van der Waals surface area contributed by atoms with E-state index < -0.39 is 23.8 Å². The summed E-state index contributed by atoms with van der Waals surface area (Å²) in [6.07, 6.45) is 0. The lowest BCUT2D eigenvalue weighted by Gasteiger charge is -2.07. The van der Waals surface area contributed by atoms with Gasteiger partial charge in [0, 0.05) is 7.05 Å². The molecule has 14 heavy (non-hydrogen) atoms. The van der Waals surface area contributed by atoms with Crippen LogP contribution in [0.5, 0.6) is 0 Å². The second kappa shape index (κ2) is 3.50. The molecule has 8 heteroatoms. The lowest BCUT2D eigenvalue weighted by Crippen LogP contribution is -2.55. The SMILES string of the molecule is COn1c(=O)n(C)c(=O)n(CO)c1=O. The predicted molar refractivity (Wildman–Crippen MR) is 44.9 cm³/mol. The van der Waals surface area contributed by atoms with Crippen LogP contribution < -0.4 is 21.9 Å². The molecular formula is C6H9N3O5. The van der Waals surface area contributed by atoms with E-state index in [0.717, 1.165) is 7.11 Å². The van der Waals surface area contributed by atoms with Crippen molar-refractivity contribution in [3.63, 3.8) is 0 Å². The lowest BCUT2D eigenvalue weighted by molar-refractivity contribution is 0.111. The molecule has 1 rings (SSSR count). The molecule has 0 aromatic carbocycles. The molecule has 0 fully saturated rings. The van der Waals surface area contributed by atoms with Crippen molar-refractivity contribution in [3.05, 3.63) is 31.5 Å². The van der Waals surface area contributed by atoms with E-state index in [-0.39, 0.29) is 0 Å². The maximum Gasteiger partial charge on any atom is 0.371 e. The Balaban J connectivity index is 3.84. The van der Waals surface area contributed by atoms with Crippen LogP contribution in [0.15, 0.2) is 14.4 Å². The third-order valence-electron chi connectivity index (χ3n) is 1.71. The standard InChI is InChI=1S/C6H9N3O5/c1-7-4(11)8(3-10)6(13)9(14-2)5(7)12/h10H,3H2,1-2H3. The maximum absolute atomic E-state index is 11.3. The van der Waals surface area contributed by atoms with Crippen LogP contribution in [0, 0.1) is 0 Å². The van der Waals surface area contributed by atoms with Gasteiger partial charge in [0.1, 0.15) is 13.8 Å². The molecule has 0 aliphatic heterocycles. The van der Waals surface area contributed by atoms with Gasteiger partial charge >= 0.3 is 17.1 Å². The van der Waals surface area contributed by atoms with Gasteiger partial charge in [0.15, 0.2) is 0 Å². The van der Waals surface area contributed by atoms with Crippen LogP contribution in [-0.2, 0) is 13.8 Å². The van der Waals surface area contributed by atoms with Gasteiger partial charge in [0.05, 0.1) is 0 Å². The lowest BCUT2D eigenvalue weighted by atomic mass is 10.8. The van der Waals surface area contributed by atoms with Gasteiger partial charge < -0.3 is 9.94 Å². The first kappa shape index (κ1) is 10.3. The number of aliphatic hydroxyl groups is 1. The minimum Gasteiger partial charge on any atom is -0.408 e. The van der Waals surface area contributed by atoms with Gasteiger partial charge in [-0.2, -0.15) is 0 Å². The molecule has 1 aromatic rings. The highest BCUT2D eigenvalue weighted by molar-refractivity contribution is 4.73. The van der Waals surface area contributed by atoms with Crippen molar-refractivity contribution in [1.82, 2.24) is 13.9 Å². The van der Waals surface area contributed by atoms with Crippen LogP contribution in [-0.4, -0.2) is 26.1 Å². The zero-order valence-corrected chi connectivity index (χ0v) is 7.63. The summed E-state index contributed by atoms with van der Waals surface area (Å²) in [5, 5.41) is 8.71. The number of aromatic nitrogens is 3. The topological polar surface area (TPSA) is 95.5 Å². The van der Waals surface area contributed by atoms with Crippen molar-refractivity contribution in [2.24, 2.45) is 7.05 Å². The number of nitrogens with zero attached hydrogens (tertiary/aromatic N) is 3. The molecule has 0 aliphatic rings. The molecule has 78 valence electrons. The van der Waals surface area contributed by atoms with Crippen LogP contribution >= 0.6 is 0 Å². The molecule has 1 aromatic heterocycles. The summed E-state index contributed by atoms with van der Waals surface area (Å²) in [6.45, 7) is -0.810. The Morgan fingerprint density at radius 2 is 1.79 bits per heavy atom. The fraction of sp³-hybridized carbons (Fsp3) is 0.500. The van der Waals surface area contributed by atoms with Crippen molar-refractivity contribution < 1.29 is 9.94 Å². The molecule has 8 nitrogen and oxygen atoms in total. The molecule has 0 spiro atoms. The van der Waals surface area contributed by atoms with E-state index in [1.165, 1.54) is 7.05 Å². The first-order chi connectivity index (χ1) is 6.54. The zero-order valence-electron chi connectivity index (χ0n) is 7.63. The summed E-state index contributed by atoms with van der Waals surface area (Å²) in [4.78, 5) is 38.1. The molecule has 0 bridgehead atoms. The van der Waals surface area contributed by atoms with Crippen LogP contribution in [0.25, 0.3) is 0 Å². The van der Waals surface area contributed by atoms with Crippen LogP contribution in [0.3, 0.4) is 0 Å². The fourth-order valence-corrected chi connectivity index (χ4v) is 0.950. The van der Waals surface area contributed by atoms with E-state index in [0.29, 0.717) is 13.9 Å². The van der Waals surface area contributed by atoms with E-state index in [1.807, 2.05) is 0 Å². The minimum atomic E-state index is -1.01. The van der Waals surface area contributed by atoms with Crippen molar-refractivity contribution in [2.45, 2.75) is 6.73 Å². The second-order valence-electron chi connectivity index (χ2n) is 2.45.